The zero-order valence-electron chi connectivity index (χ0n) is 30.5. The van der Waals surface area contributed by atoms with Gasteiger partial charge in [-0.3, -0.25) is 0 Å². The molecule has 8 aromatic rings. The van der Waals surface area contributed by atoms with E-state index in [0.717, 1.165) is 34.9 Å². The summed E-state index contributed by atoms with van der Waals surface area (Å²) in [7, 11) is 4.39. The first-order valence-corrected chi connectivity index (χ1v) is 18.7. The van der Waals surface area contributed by atoms with Gasteiger partial charge in [-0.25, -0.2) is 0 Å². The highest BCUT2D eigenvalue weighted by Gasteiger charge is 2.34. The minimum Gasteiger partial charge on any atom is -0.367 e. The summed E-state index contributed by atoms with van der Waals surface area (Å²) in [5.74, 6) is 0. The number of anilines is 6. The molecule has 2 aliphatic rings. The van der Waals surface area contributed by atoms with Crippen molar-refractivity contribution < 1.29 is 0 Å². The van der Waals surface area contributed by atoms with Gasteiger partial charge in [0.05, 0.1) is 11.6 Å². The number of fused-ring (bicyclic) bond motifs is 6. The summed E-state index contributed by atoms with van der Waals surface area (Å²) >= 11 is 0. The molecule has 1 aliphatic heterocycles. The summed E-state index contributed by atoms with van der Waals surface area (Å²) in [6.07, 6.45) is 5.58. The van der Waals surface area contributed by atoms with Crippen molar-refractivity contribution >= 4 is 61.5 Å². The molecule has 0 bridgehead atoms. The molecule has 4 heteroatoms. The highest BCUT2D eigenvalue weighted by molar-refractivity contribution is 6.09. The molecule has 0 N–H and O–H groups in total. The predicted molar refractivity (Wildman–Crippen MR) is 228 cm³/mol. The van der Waals surface area contributed by atoms with E-state index in [0.29, 0.717) is 6.04 Å². The summed E-state index contributed by atoms with van der Waals surface area (Å²) in [5.41, 5.74) is 15.8. The normalized spacial score (nSPS) is 14.8. The van der Waals surface area contributed by atoms with Crippen molar-refractivity contribution in [1.82, 2.24) is 4.57 Å². The molecular weight excluding hydrogens is 657 g/mol. The van der Waals surface area contributed by atoms with Crippen LogP contribution in [0.1, 0.15) is 12.0 Å². The van der Waals surface area contributed by atoms with Crippen molar-refractivity contribution in [3.05, 3.63) is 199 Å². The molecule has 7 aromatic carbocycles. The van der Waals surface area contributed by atoms with Crippen LogP contribution >= 0.6 is 0 Å². The van der Waals surface area contributed by atoms with Gasteiger partial charge in [0.25, 0.3) is 0 Å². The Morgan fingerprint density at radius 3 is 1.78 bits per heavy atom. The van der Waals surface area contributed by atoms with Crippen LogP contribution in [0.25, 0.3) is 38.5 Å². The van der Waals surface area contributed by atoms with E-state index >= 15 is 0 Å². The largest absolute Gasteiger partial charge is 0.367 e. The SMILES string of the molecule is CN1c2ccccc2C2=CC=C(N(c3ccccc3)c3cccc(-c4cccc(N(c5ccccc5)c5ccc6c7ccccc7n(C)c6c5)c4)c3)CC21. The zero-order valence-corrected chi connectivity index (χ0v) is 30.5. The summed E-state index contributed by atoms with van der Waals surface area (Å²) < 4.78 is 2.31. The minimum atomic E-state index is 0.297. The number of aryl methyl sites for hydroxylation is 1. The molecule has 0 amide bonds. The van der Waals surface area contributed by atoms with Gasteiger partial charge in [0, 0.05) is 82.2 Å². The van der Waals surface area contributed by atoms with Gasteiger partial charge in [0.2, 0.25) is 0 Å². The zero-order chi connectivity index (χ0) is 36.2. The van der Waals surface area contributed by atoms with Crippen LogP contribution in [-0.2, 0) is 7.05 Å². The first kappa shape index (κ1) is 31.9. The maximum absolute atomic E-state index is 2.44. The summed E-state index contributed by atoms with van der Waals surface area (Å²) in [6.45, 7) is 0. The maximum atomic E-state index is 2.44. The molecule has 1 aromatic heterocycles. The van der Waals surface area contributed by atoms with E-state index in [1.807, 2.05) is 0 Å². The number of rotatable bonds is 7. The van der Waals surface area contributed by atoms with E-state index in [2.05, 4.69) is 221 Å². The predicted octanol–water partition coefficient (Wildman–Crippen LogP) is 12.8. The van der Waals surface area contributed by atoms with Crippen LogP contribution in [0.3, 0.4) is 0 Å². The highest BCUT2D eigenvalue weighted by Crippen LogP contribution is 2.46. The smallest absolute Gasteiger partial charge is 0.0600 e. The van der Waals surface area contributed by atoms with Crippen LogP contribution in [0.2, 0.25) is 0 Å². The fraction of sp³-hybridized carbons (Fsp3) is 0.0800. The van der Waals surface area contributed by atoms with Crippen LogP contribution < -0.4 is 14.7 Å². The van der Waals surface area contributed by atoms with Gasteiger partial charge in [-0.2, -0.15) is 0 Å². The number of hydrogen-bond donors (Lipinski definition) is 0. The van der Waals surface area contributed by atoms with Crippen LogP contribution in [0, 0.1) is 0 Å². The fourth-order valence-corrected chi connectivity index (χ4v) is 8.67. The molecule has 0 fully saturated rings. The Kier molecular flexibility index (Phi) is 7.69. The van der Waals surface area contributed by atoms with Gasteiger partial charge >= 0.3 is 0 Å². The monoisotopic (exact) mass is 696 g/mol. The quantitative estimate of drug-likeness (QED) is 0.165. The lowest BCUT2D eigenvalue weighted by Crippen LogP contribution is -2.32. The Bertz CT molecular complexity index is 2740. The van der Waals surface area contributed by atoms with Crippen molar-refractivity contribution in [3.8, 4) is 11.1 Å². The van der Waals surface area contributed by atoms with E-state index in [4.69, 9.17) is 0 Å². The third-order valence-electron chi connectivity index (χ3n) is 11.3. The Hall–Kier alpha value is -6.78. The molecular formula is C50H40N4. The second kappa shape index (κ2) is 13.0. The number of para-hydroxylation sites is 4. The van der Waals surface area contributed by atoms with Crippen molar-refractivity contribution in [3.63, 3.8) is 0 Å². The second-order valence-corrected chi connectivity index (χ2v) is 14.3. The van der Waals surface area contributed by atoms with Crippen molar-refractivity contribution in [2.24, 2.45) is 7.05 Å². The molecule has 0 radical (unpaired) electrons. The van der Waals surface area contributed by atoms with Crippen LogP contribution in [0.15, 0.2) is 194 Å². The number of likely N-dealkylation sites (N-methyl/N-ethyl adjacent to an activating group) is 1. The number of allylic oxidation sites excluding steroid dienone is 2. The lowest BCUT2D eigenvalue weighted by Gasteiger charge is -2.34. The Morgan fingerprint density at radius 2 is 1.04 bits per heavy atom. The van der Waals surface area contributed by atoms with Gasteiger partial charge in [-0.15, -0.1) is 0 Å². The first-order valence-electron chi connectivity index (χ1n) is 18.7. The Labute approximate surface area is 316 Å². The molecule has 4 nitrogen and oxygen atoms in total. The Balaban J connectivity index is 1.05. The molecule has 0 saturated heterocycles. The van der Waals surface area contributed by atoms with Gasteiger partial charge in [0.1, 0.15) is 0 Å². The third kappa shape index (κ3) is 5.30. The first-order chi connectivity index (χ1) is 26.6. The lowest BCUT2D eigenvalue weighted by molar-refractivity contribution is 0.756. The molecule has 0 spiro atoms. The highest BCUT2D eigenvalue weighted by atomic mass is 15.2. The van der Waals surface area contributed by atoms with E-state index in [-0.39, 0.29) is 0 Å². The van der Waals surface area contributed by atoms with E-state index in [9.17, 15) is 0 Å². The number of benzene rings is 7. The minimum absolute atomic E-state index is 0.297. The molecule has 54 heavy (non-hydrogen) atoms. The molecule has 260 valence electrons. The van der Waals surface area contributed by atoms with Gasteiger partial charge in [-0.1, -0.05) is 109 Å². The molecule has 0 saturated carbocycles. The van der Waals surface area contributed by atoms with Gasteiger partial charge in [-0.05, 0) is 95.6 Å². The standard InChI is InChI=1S/C50H40N4/c1-51-47-25-11-9-23-43(47)45-29-27-41(33-49(45)51)53(37-17-5-3-6-18-37)39-21-13-15-35(31-39)36-16-14-22-40(32-36)54(38-19-7-4-8-20-38)42-28-30-46-44-24-10-12-26-48(44)52(2)50(46)34-42/h3-33,50H,34H2,1-2H3. The summed E-state index contributed by atoms with van der Waals surface area (Å²) in [5, 5.41) is 2.54. The van der Waals surface area contributed by atoms with E-state index in [1.54, 1.807) is 0 Å². The number of hydrogen-bond acceptors (Lipinski definition) is 3. The average Bonchev–Trinajstić information content (AvgIpc) is 3.68. The van der Waals surface area contributed by atoms with Crippen molar-refractivity contribution in [2.45, 2.75) is 12.5 Å². The van der Waals surface area contributed by atoms with Crippen molar-refractivity contribution in [1.29, 1.82) is 0 Å². The van der Waals surface area contributed by atoms with Gasteiger partial charge in [0.15, 0.2) is 0 Å². The van der Waals surface area contributed by atoms with Crippen LogP contribution in [-0.4, -0.2) is 17.7 Å². The number of aromatic nitrogens is 1. The van der Waals surface area contributed by atoms with Gasteiger partial charge < -0.3 is 19.3 Å². The lowest BCUT2D eigenvalue weighted by atomic mass is 9.93. The van der Waals surface area contributed by atoms with Crippen LogP contribution in [0.4, 0.5) is 34.1 Å². The van der Waals surface area contributed by atoms with Crippen molar-refractivity contribution in [2.75, 3.05) is 21.7 Å². The molecule has 1 unspecified atom stereocenters. The fourth-order valence-electron chi connectivity index (χ4n) is 8.67. The summed E-state index contributed by atoms with van der Waals surface area (Å²) in [6, 6.07) is 64.0. The van der Waals surface area contributed by atoms with E-state index < -0.39 is 0 Å². The number of nitrogens with zero attached hydrogens (tertiary/aromatic N) is 4. The average molecular weight is 697 g/mol. The molecule has 1 atom stereocenters. The topological polar surface area (TPSA) is 14.7 Å². The molecule has 1 aliphatic carbocycles. The molecule has 10 rings (SSSR count). The maximum Gasteiger partial charge on any atom is 0.0600 e. The van der Waals surface area contributed by atoms with E-state index in [1.165, 1.54) is 55.5 Å². The third-order valence-corrected chi connectivity index (χ3v) is 11.3. The molecule has 2 heterocycles. The Morgan fingerprint density at radius 1 is 0.463 bits per heavy atom. The van der Waals surface area contributed by atoms with Crippen LogP contribution in [0.5, 0.6) is 0 Å². The second-order valence-electron chi connectivity index (χ2n) is 14.3. The summed E-state index contributed by atoms with van der Waals surface area (Å²) in [4.78, 5) is 7.25.